The lowest BCUT2D eigenvalue weighted by molar-refractivity contribution is 0.336. The summed E-state index contributed by atoms with van der Waals surface area (Å²) in [5.41, 5.74) is 1.91. The van der Waals surface area contributed by atoms with Crippen LogP contribution in [-0.2, 0) is 13.0 Å². The predicted molar refractivity (Wildman–Crippen MR) is 86.7 cm³/mol. The molecule has 0 amide bonds. The van der Waals surface area contributed by atoms with Gasteiger partial charge in [-0.05, 0) is 44.3 Å². The summed E-state index contributed by atoms with van der Waals surface area (Å²) < 4.78 is 2.32. The van der Waals surface area contributed by atoms with Crippen molar-refractivity contribution in [3.8, 4) is 0 Å². The number of nitrogens with zero attached hydrogens (tertiary/aromatic N) is 3. The Hall–Kier alpha value is -1.13. The maximum atomic E-state index is 6.05. The number of imidazole rings is 1. The number of aryl methyl sites for hydroxylation is 1. The van der Waals surface area contributed by atoms with Crippen molar-refractivity contribution in [2.75, 3.05) is 13.1 Å². The molecule has 3 rings (SSSR count). The van der Waals surface area contributed by atoms with Crippen LogP contribution in [0.15, 0.2) is 12.3 Å². The molecule has 2 aromatic heterocycles. The van der Waals surface area contributed by atoms with Gasteiger partial charge in [0.1, 0.15) is 11.3 Å². The highest BCUT2D eigenvalue weighted by molar-refractivity contribution is 6.31. The van der Waals surface area contributed by atoms with Crippen molar-refractivity contribution < 1.29 is 0 Å². The van der Waals surface area contributed by atoms with Gasteiger partial charge in [0.2, 0.25) is 0 Å². The monoisotopic (exact) mass is 306 g/mol. The summed E-state index contributed by atoms with van der Waals surface area (Å²) >= 11 is 6.05. The molecule has 114 valence electrons. The van der Waals surface area contributed by atoms with Gasteiger partial charge in [0.25, 0.3) is 0 Å². The first kappa shape index (κ1) is 14.8. The van der Waals surface area contributed by atoms with Crippen LogP contribution < -0.4 is 5.32 Å². The average Bonchev–Trinajstić information content (AvgIpc) is 2.83. The second-order valence-corrected chi connectivity index (χ2v) is 6.39. The van der Waals surface area contributed by atoms with Crippen LogP contribution in [0.5, 0.6) is 0 Å². The van der Waals surface area contributed by atoms with Crippen molar-refractivity contribution in [3.63, 3.8) is 0 Å². The van der Waals surface area contributed by atoms with E-state index in [0.717, 1.165) is 43.0 Å². The van der Waals surface area contributed by atoms with E-state index in [1.54, 1.807) is 6.20 Å². The van der Waals surface area contributed by atoms with E-state index in [2.05, 4.69) is 21.8 Å². The molecule has 4 nitrogen and oxygen atoms in total. The Morgan fingerprint density at radius 1 is 1.48 bits per heavy atom. The molecule has 21 heavy (non-hydrogen) atoms. The Labute approximate surface area is 130 Å². The average molecular weight is 307 g/mol. The summed E-state index contributed by atoms with van der Waals surface area (Å²) in [6.07, 6.45) is 7.64. The molecule has 0 saturated carbocycles. The zero-order valence-electron chi connectivity index (χ0n) is 12.6. The molecule has 0 aliphatic carbocycles. The van der Waals surface area contributed by atoms with Crippen molar-refractivity contribution >= 4 is 22.8 Å². The van der Waals surface area contributed by atoms with Crippen molar-refractivity contribution in [3.05, 3.63) is 23.1 Å². The number of fused-ring (bicyclic) bond motifs is 1. The molecule has 5 heteroatoms. The van der Waals surface area contributed by atoms with Gasteiger partial charge < -0.3 is 9.88 Å². The fourth-order valence-corrected chi connectivity index (χ4v) is 3.24. The van der Waals surface area contributed by atoms with E-state index < -0.39 is 0 Å². The van der Waals surface area contributed by atoms with Gasteiger partial charge in [-0.1, -0.05) is 24.9 Å². The largest absolute Gasteiger partial charge is 0.316 e. The number of hydrogen-bond donors (Lipinski definition) is 1. The van der Waals surface area contributed by atoms with E-state index >= 15 is 0 Å². The molecule has 0 spiro atoms. The summed E-state index contributed by atoms with van der Waals surface area (Å²) in [4.78, 5) is 9.30. The second kappa shape index (κ2) is 6.75. The number of hydrogen-bond acceptors (Lipinski definition) is 3. The molecule has 1 N–H and O–H groups in total. The first-order valence-corrected chi connectivity index (χ1v) is 8.37. The Balaban J connectivity index is 1.91. The predicted octanol–water partition coefficient (Wildman–Crippen LogP) is 3.43. The van der Waals surface area contributed by atoms with Gasteiger partial charge in [-0.3, -0.25) is 0 Å². The van der Waals surface area contributed by atoms with Gasteiger partial charge in [-0.2, -0.15) is 0 Å². The number of aromatic nitrogens is 3. The number of nitrogens with one attached hydrogen (secondary N) is 1. The van der Waals surface area contributed by atoms with Crippen LogP contribution in [-0.4, -0.2) is 27.6 Å². The SMILES string of the molecule is CCCCc1nc2cc(Cl)cnc2n1CC1CCCNC1. The van der Waals surface area contributed by atoms with E-state index in [9.17, 15) is 0 Å². The third kappa shape index (κ3) is 3.38. The Kier molecular flexibility index (Phi) is 4.76. The lowest BCUT2D eigenvalue weighted by Crippen LogP contribution is -2.32. The van der Waals surface area contributed by atoms with Crippen molar-refractivity contribution in [1.29, 1.82) is 0 Å². The molecule has 2 aromatic rings. The summed E-state index contributed by atoms with van der Waals surface area (Å²) in [5, 5.41) is 4.15. The van der Waals surface area contributed by atoms with Gasteiger partial charge in [0.05, 0.1) is 5.02 Å². The fraction of sp³-hybridized carbons (Fsp3) is 0.625. The molecule has 1 aliphatic heterocycles. The first-order valence-electron chi connectivity index (χ1n) is 7.99. The van der Waals surface area contributed by atoms with Crippen LogP contribution in [0.1, 0.15) is 38.4 Å². The Bertz CT molecular complexity index is 602. The minimum atomic E-state index is 0.661. The number of pyridine rings is 1. The Morgan fingerprint density at radius 3 is 3.14 bits per heavy atom. The molecule has 0 radical (unpaired) electrons. The lowest BCUT2D eigenvalue weighted by atomic mass is 9.99. The molecule has 1 saturated heterocycles. The molecule has 3 heterocycles. The van der Waals surface area contributed by atoms with E-state index in [0.29, 0.717) is 10.9 Å². The zero-order chi connectivity index (χ0) is 14.7. The second-order valence-electron chi connectivity index (χ2n) is 5.95. The first-order chi connectivity index (χ1) is 10.3. The standard InChI is InChI=1S/C16H23ClN4/c1-2-3-6-15-20-14-8-13(17)10-19-16(14)21(15)11-12-5-4-7-18-9-12/h8,10,12,18H,2-7,9,11H2,1H3. The Morgan fingerprint density at radius 2 is 2.38 bits per heavy atom. The maximum Gasteiger partial charge on any atom is 0.160 e. The highest BCUT2D eigenvalue weighted by atomic mass is 35.5. The summed E-state index contributed by atoms with van der Waals surface area (Å²) in [7, 11) is 0. The number of unbranched alkanes of at least 4 members (excludes halogenated alkanes) is 1. The number of rotatable bonds is 5. The normalized spacial score (nSPS) is 19.2. The summed E-state index contributed by atoms with van der Waals surface area (Å²) in [5.74, 6) is 1.83. The minimum Gasteiger partial charge on any atom is -0.316 e. The summed E-state index contributed by atoms with van der Waals surface area (Å²) in [6, 6.07) is 1.93. The molecular weight excluding hydrogens is 284 g/mol. The highest BCUT2D eigenvalue weighted by Crippen LogP contribution is 2.22. The van der Waals surface area contributed by atoms with E-state index in [-0.39, 0.29) is 0 Å². The van der Waals surface area contributed by atoms with Gasteiger partial charge in [0.15, 0.2) is 5.65 Å². The molecule has 0 bridgehead atoms. The van der Waals surface area contributed by atoms with Crippen molar-refractivity contribution in [1.82, 2.24) is 19.9 Å². The molecule has 1 atom stereocenters. The maximum absolute atomic E-state index is 6.05. The molecular formula is C16H23ClN4. The third-order valence-electron chi connectivity index (χ3n) is 4.22. The van der Waals surface area contributed by atoms with Crippen molar-refractivity contribution in [2.45, 2.75) is 45.6 Å². The lowest BCUT2D eigenvalue weighted by Gasteiger charge is -2.24. The van der Waals surface area contributed by atoms with Crippen LogP contribution in [0.4, 0.5) is 0 Å². The van der Waals surface area contributed by atoms with E-state index in [1.165, 1.54) is 25.7 Å². The van der Waals surface area contributed by atoms with Crippen LogP contribution in [0.2, 0.25) is 5.02 Å². The zero-order valence-corrected chi connectivity index (χ0v) is 13.4. The van der Waals surface area contributed by atoms with Crippen LogP contribution >= 0.6 is 11.6 Å². The number of piperidine rings is 1. The van der Waals surface area contributed by atoms with Gasteiger partial charge in [0, 0.05) is 19.2 Å². The quantitative estimate of drug-likeness (QED) is 0.920. The van der Waals surface area contributed by atoms with Crippen LogP contribution in [0.25, 0.3) is 11.2 Å². The van der Waals surface area contributed by atoms with Gasteiger partial charge >= 0.3 is 0 Å². The molecule has 1 fully saturated rings. The summed E-state index contributed by atoms with van der Waals surface area (Å²) in [6.45, 7) is 5.47. The molecule has 1 unspecified atom stereocenters. The van der Waals surface area contributed by atoms with E-state index in [4.69, 9.17) is 16.6 Å². The molecule has 0 aromatic carbocycles. The van der Waals surface area contributed by atoms with Crippen molar-refractivity contribution in [2.24, 2.45) is 5.92 Å². The fourth-order valence-electron chi connectivity index (χ4n) is 3.09. The highest BCUT2D eigenvalue weighted by Gasteiger charge is 2.18. The minimum absolute atomic E-state index is 0.661. The van der Waals surface area contributed by atoms with Gasteiger partial charge in [-0.15, -0.1) is 0 Å². The third-order valence-corrected chi connectivity index (χ3v) is 4.43. The number of halogens is 1. The van der Waals surface area contributed by atoms with Gasteiger partial charge in [-0.25, -0.2) is 9.97 Å². The topological polar surface area (TPSA) is 42.7 Å². The smallest absolute Gasteiger partial charge is 0.160 e. The van der Waals surface area contributed by atoms with Crippen LogP contribution in [0.3, 0.4) is 0 Å². The van der Waals surface area contributed by atoms with Crippen LogP contribution in [0, 0.1) is 5.92 Å². The molecule has 1 aliphatic rings. The van der Waals surface area contributed by atoms with E-state index in [1.807, 2.05) is 6.07 Å².